The molecule has 0 amide bonds. The molecule has 0 aliphatic rings. The van der Waals surface area contributed by atoms with Gasteiger partial charge in [0, 0.05) is 0 Å². The molecule has 0 unspecified atom stereocenters. The highest BCUT2D eigenvalue weighted by molar-refractivity contribution is 6.31. The van der Waals surface area contributed by atoms with Crippen LogP contribution in [-0.2, 0) is 0 Å². The van der Waals surface area contributed by atoms with Crippen molar-refractivity contribution in [3.05, 3.63) is 34.1 Å². The molecule has 0 saturated heterocycles. The number of carbonyl (C=O) groups is 1. The van der Waals surface area contributed by atoms with Gasteiger partial charge in [-0.05, 0) is 23.6 Å². The monoisotopic (exact) mass is 200 g/mol. The average molecular weight is 201 g/mol. The maximum absolute atomic E-state index is 13.1. The van der Waals surface area contributed by atoms with Gasteiger partial charge in [-0.25, -0.2) is 4.39 Å². The Morgan fingerprint density at radius 2 is 2.08 bits per heavy atom. The van der Waals surface area contributed by atoms with Gasteiger partial charge in [0.2, 0.25) is 0 Å². The lowest BCUT2D eigenvalue weighted by Crippen LogP contribution is -1.94. The molecular formula is C10H10ClFO. The van der Waals surface area contributed by atoms with Gasteiger partial charge in [-0.3, -0.25) is 4.79 Å². The third kappa shape index (κ3) is 2.07. The second kappa shape index (κ2) is 3.88. The first-order chi connectivity index (χ1) is 6.06. The molecule has 0 aliphatic heterocycles. The van der Waals surface area contributed by atoms with E-state index < -0.39 is 5.82 Å². The van der Waals surface area contributed by atoms with Crippen molar-refractivity contribution in [3.63, 3.8) is 0 Å². The standard InChI is InChI=1S/C10H10ClFO/c1-6(2)7-3-8(5-13)10(12)9(11)4-7/h3-6H,1-2H3. The van der Waals surface area contributed by atoms with Crippen molar-refractivity contribution in [1.82, 2.24) is 0 Å². The smallest absolute Gasteiger partial charge is 0.153 e. The predicted octanol–water partition coefficient (Wildman–Crippen LogP) is 3.42. The largest absolute Gasteiger partial charge is 0.298 e. The van der Waals surface area contributed by atoms with E-state index in [9.17, 15) is 9.18 Å². The molecule has 0 bridgehead atoms. The van der Waals surface area contributed by atoms with E-state index in [0.29, 0.717) is 6.29 Å². The second-order valence-electron chi connectivity index (χ2n) is 3.18. The Hall–Kier alpha value is -0.890. The van der Waals surface area contributed by atoms with Crippen LogP contribution in [0.1, 0.15) is 35.7 Å². The van der Waals surface area contributed by atoms with Crippen molar-refractivity contribution in [1.29, 1.82) is 0 Å². The Labute approximate surface area is 81.5 Å². The van der Waals surface area contributed by atoms with Crippen LogP contribution in [0.15, 0.2) is 12.1 Å². The molecule has 0 aromatic heterocycles. The molecule has 1 aromatic carbocycles. The van der Waals surface area contributed by atoms with Gasteiger partial charge in [0.05, 0.1) is 10.6 Å². The molecule has 1 aromatic rings. The van der Waals surface area contributed by atoms with Crippen molar-refractivity contribution in [2.45, 2.75) is 19.8 Å². The molecule has 0 fully saturated rings. The zero-order valence-corrected chi connectivity index (χ0v) is 8.23. The minimum Gasteiger partial charge on any atom is -0.298 e. The van der Waals surface area contributed by atoms with Crippen LogP contribution in [0.3, 0.4) is 0 Å². The molecule has 3 heteroatoms. The number of hydrogen-bond donors (Lipinski definition) is 0. The zero-order valence-electron chi connectivity index (χ0n) is 7.47. The number of halogens is 2. The van der Waals surface area contributed by atoms with E-state index in [0.717, 1.165) is 5.56 Å². The highest BCUT2D eigenvalue weighted by atomic mass is 35.5. The van der Waals surface area contributed by atoms with Crippen LogP contribution in [0.25, 0.3) is 0 Å². The normalized spacial score (nSPS) is 10.5. The number of carbonyl (C=O) groups excluding carboxylic acids is 1. The summed E-state index contributed by atoms with van der Waals surface area (Å²) in [4.78, 5) is 10.5. The zero-order chi connectivity index (χ0) is 10.0. The Balaban J connectivity index is 3.30. The summed E-state index contributed by atoms with van der Waals surface area (Å²) >= 11 is 5.61. The first-order valence-electron chi connectivity index (χ1n) is 4.00. The fourth-order valence-electron chi connectivity index (χ4n) is 1.05. The van der Waals surface area contributed by atoms with Gasteiger partial charge in [0.25, 0.3) is 0 Å². The van der Waals surface area contributed by atoms with Gasteiger partial charge in [-0.2, -0.15) is 0 Å². The summed E-state index contributed by atoms with van der Waals surface area (Å²) in [6, 6.07) is 3.08. The molecule has 1 nitrogen and oxygen atoms in total. The second-order valence-corrected chi connectivity index (χ2v) is 3.59. The SMILES string of the molecule is CC(C)c1cc(Cl)c(F)c(C=O)c1. The lowest BCUT2D eigenvalue weighted by atomic mass is 10.0. The van der Waals surface area contributed by atoms with Crippen molar-refractivity contribution in [3.8, 4) is 0 Å². The van der Waals surface area contributed by atoms with E-state index in [1.54, 1.807) is 6.07 Å². The van der Waals surface area contributed by atoms with Gasteiger partial charge in [-0.15, -0.1) is 0 Å². The molecule has 0 spiro atoms. The lowest BCUT2D eigenvalue weighted by Gasteiger charge is -2.07. The summed E-state index contributed by atoms with van der Waals surface area (Å²) in [5, 5.41) is 0.00769. The molecule has 0 aliphatic carbocycles. The highest BCUT2D eigenvalue weighted by Gasteiger charge is 2.10. The van der Waals surface area contributed by atoms with Crippen LogP contribution in [-0.4, -0.2) is 6.29 Å². The first kappa shape index (κ1) is 10.2. The van der Waals surface area contributed by atoms with E-state index in [2.05, 4.69) is 0 Å². The molecule has 0 saturated carbocycles. The Morgan fingerprint density at radius 1 is 1.46 bits per heavy atom. The number of aldehydes is 1. The summed E-state index contributed by atoms with van der Waals surface area (Å²) in [6.07, 6.45) is 0.479. The van der Waals surface area contributed by atoms with Crippen LogP contribution in [0.5, 0.6) is 0 Å². The Morgan fingerprint density at radius 3 is 2.54 bits per heavy atom. The van der Waals surface area contributed by atoms with Gasteiger partial charge in [0.1, 0.15) is 0 Å². The molecular weight excluding hydrogens is 191 g/mol. The molecule has 0 heterocycles. The van der Waals surface area contributed by atoms with Crippen molar-refractivity contribution < 1.29 is 9.18 Å². The maximum Gasteiger partial charge on any atom is 0.153 e. The fraction of sp³-hybridized carbons (Fsp3) is 0.300. The summed E-state index contributed by atoms with van der Waals surface area (Å²) in [5.74, 6) is -0.405. The average Bonchev–Trinajstić information content (AvgIpc) is 2.09. The van der Waals surface area contributed by atoms with Gasteiger partial charge in [0.15, 0.2) is 12.1 Å². The van der Waals surface area contributed by atoms with Gasteiger partial charge < -0.3 is 0 Å². The maximum atomic E-state index is 13.1. The third-order valence-electron chi connectivity index (χ3n) is 1.87. The first-order valence-corrected chi connectivity index (χ1v) is 4.38. The fourth-order valence-corrected chi connectivity index (χ4v) is 1.29. The van der Waals surface area contributed by atoms with Gasteiger partial charge >= 0.3 is 0 Å². The number of rotatable bonds is 2. The van der Waals surface area contributed by atoms with Crippen LogP contribution >= 0.6 is 11.6 Å². The topological polar surface area (TPSA) is 17.1 Å². The third-order valence-corrected chi connectivity index (χ3v) is 2.15. The lowest BCUT2D eigenvalue weighted by molar-refractivity contribution is 0.111. The van der Waals surface area contributed by atoms with Crippen LogP contribution in [0, 0.1) is 5.82 Å². The molecule has 0 atom stereocenters. The molecule has 70 valence electrons. The quantitative estimate of drug-likeness (QED) is 0.669. The van der Waals surface area contributed by atoms with E-state index in [1.807, 2.05) is 13.8 Å². The van der Waals surface area contributed by atoms with Gasteiger partial charge in [-0.1, -0.05) is 25.4 Å². The van der Waals surface area contributed by atoms with Crippen LogP contribution in [0.4, 0.5) is 4.39 Å². The molecule has 0 N–H and O–H groups in total. The summed E-state index contributed by atoms with van der Waals surface area (Å²) in [7, 11) is 0. The molecule has 1 rings (SSSR count). The van der Waals surface area contributed by atoms with Crippen molar-refractivity contribution >= 4 is 17.9 Å². The number of hydrogen-bond acceptors (Lipinski definition) is 1. The summed E-state index contributed by atoms with van der Waals surface area (Å²) in [6.45, 7) is 3.91. The minimum absolute atomic E-state index is 0.00769. The Kier molecular flexibility index (Phi) is 3.04. The van der Waals surface area contributed by atoms with Crippen molar-refractivity contribution in [2.75, 3.05) is 0 Å². The van der Waals surface area contributed by atoms with Crippen LogP contribution in [0.2, 0.25) is 5.02 Å². The van der Waals surface area contributed by atoms with Crippen LogP contribution < -0.4 is 0 Å². The summed E-state index contributed by atoms with van der Waals surface area (Å²) in [5.41, 5.74) is 0.893. The molecule has 13 heavy (non-hydrogen) atoms. The van der Waals surface area contributed by atoms with E-state index >= 15 is 0 Å². The predicted molar refractivity (Wildman–Crippen MR) is 50.9 cm³/mol. The Bertz CT molecular complexity index is 334. The summed E-state index contributed by atoms with van der Waals surface area (Å²) < 4.78 is 13.1. The van der Waals surface area contributed by atoms with E-state index in [1.165, 1.54) is 6.07 Å². The van der Waals surface area contributed by atoms with E-state index in [4.69, 9.17) is 11.6 Å². The van der Waals surface area contributed by atoms with Crippen molar-refractivity contribution in [2.24, 2.45) is 0 Å². The highest BCUT2D eigenvalue weighted by Crippen LogP contribution is 2.24. The molecule has 0 radical (unpaired) electrons. The number of benzene rings is 1. The van der Waals surface area contributed by atoms with E-state index in [-0.39, 0.29) is 16.5 Å². The minimum atomic E-state index is -0.638.